The third-order valence-corrected chi connectivity index (χ3v) is 11.4. The maximum atomic E-state index is 11.2. The first-order valence-electron chi connectivity index (χ1n) is 14.0. The molecule has 2 nitrogen and oxygen atoms in total. The Morgan fingerprint density at radius 2 is 1.42 bits per heavy atom. The van der Waals surface area contributed by atoms with Crippen molar-refractivity contribution in [2.75, 3.05) is 0 Å². The van der Waals surface area contributed by atoms with Crippen molar-refractivity contribution in [3.05, 3.63) is 0 Å². The third-order valence-electron chi connectivity index (χ3n) is 11.4. The van der Waals surface area contributed by atoms with Gasteiger partial charge < -0.3 is 10.2 Å². The Balaban J connectivity index is 1.41. The highest BCUT2D eigenvalue weighted by Gasteiger charge is 2.62. The first-order chi connectivity index (χ1) is 14.7. The predicted molar refractivity (Wildman–Crippen MR) is 130 cm³/mol. The molecule has 0 aromatic heterocycles. The van der Waals surface area contributed by atoms with Crippen molar-refractivity contribution in [3.8, 4) is 0 Å². The highest BCUT2D eigenvalue weighted by atomic mass is 16.3. The molecule has 4 saturated carbocycles. The molecule has 3 unspecified atom stereocenters. The van der Waals surface area contributed by atoms with Crippen LogP contribution in [0.15, 0.2) is 0 Å². The lowest BCUT2D eigenvalue weighted by atomic mass is 9.44. The first-order valence-corrected chi connectivity index (χ1v) is 14.0. The predicted octanol–water partition coefficient (Wildman–Crippen LogP) is 7.22. The van der Waals surface area contributed by atoms with Gasteiger partial charge in [0.15, 0.2) is 0 Å². The van der Waals surface area contributed by atoms with E-state index in [0.717, 1.165) is 55.3 Å². The number of rotatable bonds is 7. The van der Waals surface area contributed by atoms with Crippen LogP contribution in [-0.4, -0.2) is 22.4 Å². The standard InChI is InChI=1S/C29H52O2/c1-19(2)9-7-6-8-10-20(3)23-11-12-24-22-18-27(31)26-17-21(30)13-15-29(26,5)25(22)14-16-28(23,24)4/h19-27,30-31H,6-18H2,1-5H3/t20-,21-,22?,23-,24?,25?,26+,27+,28-,29-/m1/s1. The molecule has 4 aliphatic carbocycles. The van der Waals surface area contributed by atoms with E-state index < -0.39 is 0 Å². The van der Waals surface area contributed by atoms with Gasteiger partial charge in [-0.15, -0.1) is 0 Å². The van der Waals surface area contributed by atoms with Gasteiger partial charge in [-0.05, 0) is 104 Å². The molecule has 2 N–H and O–H groups in total. The fourth-order valence-electron chi connectivity index (χ4n) is 9.65. The van der Waals surface area contributed by atoms with E-state index in [1.54, 1.807) is 0 Å². The molecule has 0 radical (unpaired) electrons. The number of hydrogen-bond acceptors (Lipinski definition) is 2. The van der Waals surface area contributed by atoms with E-state index >= 15 is 0 Å². The Labute approximate surface area is 193 Å². The van der Waals surface area contributed by atoms with Crippen molar-refractivity contribution in [1.29, 1.82) is 0 Å². The van der Waals surface area contributed by atoms with E-state index in [9.17, 15) is 10.2 Å². The monoisotopic (exact) mass is 432 g/mol. The van der Waals surface area contributed by atoms with Gasteiger partial charge in [0, 0.05) is 0 Å². The van der Waals surface area contributed by atoms with Crippen LogP contribution in [0.25, 0.3) is 0 Å². The fraction of sp³-hybridized carbons (Fsp3) is 1.00. The van der Waals surface area contributed by atoms with E-state index in [1.807, 2.05) is 0 Å². The van der Waals surface area contributed by atoms with Gasteiger partial charge in [0.2, 0.25) is 0 Å². The normalized spacial score (nSPS) is 48.2. The van der Waals surface area contributed by atoms with Crippen molar-refractivity contribution < 1.29 is 10.2 Å². The Morgan fingerprint density at radius 3 is 2.16 bits per heavy atom. The maximum absolute atomic E-state index is 11.2. The summed E-state index contributed by atoms with van der Waals surface area (Å²) in [4.78, 5) is 0. The molecular formula is C29H52O2. The summed E-state index contributed by atoms with van der Waals surface area (Å²) in [5.41, 5.74) is 0.749. The molecule has 0 heterocycles. The third kappa shape index (κ3) is 4.39. The van der Waals surface area contributed by atoms with Crippen LogP contribution >= 0.6 is 0 Å². The Kier molecular flexibility index (Phi) is 7.20. The van der Waals surface area contributed by atoms with Gasteiger partial charge in [0.1, 0.15) is 0 Å². The van der Waals surface area contributed by atoms with Gasteiger partial charge in [0.05, 0.1) is 12.2 Å². The molecule has 0 aromatic carbocycles. The van der Waals surface area contributed by atoms with E-state index in [4.69, 9.17) is 0 Å². The second-order valence-electron chi connectivity index (χ2n) is 13.5. The Bertz CT molecular complexity index is 602. The van der Waals surface area contributed by atoms with Gasteiger partial charge in [-0.1, -0.05) is 66.7 Å². The molecule has 10 atom stereocenters. The molecule has 31 heavy (non-hydrogen) atoms. The van der Waals surface area contributed by atoms with Crippen molar-refractivity contribution >= 4 is 0 Å². The second-order valence-corrected chi connectivity index (χ2v) is 13.5. The summed E-state index contributed by atoms with van der Waals surface area (Å²) in [6, 6.07) is 0. The minimum Gasteiger partial charge on any atom is -0.393 e. The zero-order valence-electron chi connectivity index (χ0n) is 21.3. The van der Waals surface area contributed by atoms with E-state index in [-0.39, 0.29) is 17.6 Å². The van der Waals surface area contributed by atoms with Gasteiger partial charge >= 0.3 is 0 Å². The largest absolute Gasteiger partial charge is 0.393 e. The smallest absolute Gasteiger partial charge is 0.0577 e. The number of aliphatic hydroxyl groups is 2. The molecule has 0 aromatic rings. The molecule has 4 fully saturated rings. The summed E-state index contributed by atoms with van der Waals surface area (Å²) in [6.07, 6.45) is 16.2. The molecule has 4 rings (SSSR count). The highest BCUT2D eigenvalue weighted by Crippen LogP contribution is 2.68. The van der Waals surface area contributed by atoms with Gasteiger partial charge in [0.25, 0.3) is 0 Å². The van der Waals surface area contributed by atoms with Crippen molar-refractivity contribution in [3.63, 3.8) is 0 Å². The van der Waals surface area contributed by atoms with Crippen LogP contribution in [0.1, 0.15) is 118 Å². The van der Waals surface area contributed by atoms with E-state index in [1.165, 1.54) is 57.8 Å². The molecule has 0 amide bonds. The number of hydrogen-bond donors (Lipinski definition) is 2. The lowest BCUT2D eigenvalue weighted by Crippen LogP contribution is -2.58. The zero-order valence-corrected chi connectivity index (χ0v) is 21.3. The summed E-state index contributed by atoms with van der Waals surface area (Å²) in [6.45, 7) is 12.4. The lowest BCUT2D eigenvalue weighted by molar-refractivity contribution is -0.172. The highest BCUT2D eigenvalue weighted by molar-refractivity contribution is 5.11. The number of aliphatic hydroxyl groups excluding tert-OH is 2. The first kappa shape index (κ1) is 24.1. The zero-order chi connectivity index (χ0) is 22.4. The van der Waals surface area contributed by atoms with Crippen molar-refractivity contribution in [2.24, 2.45) is 52.3 Å². The molecule has 4 aliphatic rings. The Morgan fingerprint density at radius 1 is 0.742 bits per heavy atom. The summed E-state index contributed by atoms with van der Waals surface area (Å²) in [5, 5.41) is 21.5. The molecule has 0 aliphatic heterocycles. The van der Waals surface area contributed by atoms with Crippen molar-refractivity contribution in [1.82, 2.24) is 0 Å². The SMILES string of the molecule is CC(C)CCCCC[C@@H](C)[C@H]1CCC2C3C[C@H](O)[C@@H]4C[C@H](O)CC[C@]4(C)C3CC[C@@]21C. The second kappa shape index (κ2) is 9.28. The molecule has 0 saturated heterocycles. The number of fused-ring (bicyclic) bond motifs is 5. The van der Waals surface area contributed by atoms with Crippen molar-refractivity contribution in [2.45, 2.75) is 130 Å². The molecule has 0 spiro atoms. The Hall–Kier alpha value is -0.0800. The molecule has 0 bridgehead atoms. The van der Waals surface area contributed by atoms with E-state index in [0.29, 0.717) is 17.3 Å². The molecule has 2 heteroatoms. The van der Waals surface area contributed by atoms with Crippen LogP contribution in [0.4, 0.5) is 0 Å². The van der Waals surface area contributed by atoms with Crippen LogP contribution in [0.3, 0.4) is 0 Å². The lowest BCUT2D eigenvalue weighted by Gasteiger charge is -2.62. The van der Waals surface area contributed by atoms with Gasteiger partial charge in [-0.25, -0.2) is 0 Å². The average molecular weight is 433 g/mol. The summed E-state index contributed by atoms with van der Waals surface area (Å²) < 4.78 is 0. The maximum Gasteiger partial charge on any atom is 0.0577 e. The quantitative estimate of drug-likeness (QED) is 0.417. The van der Waals surface area contributed by atoms with Crippen LogP contribution in [0, 0.1) is 52.3 Å². The van der Waals surface area contributed by atoms with Crippen LogP contribution in [0.2, 0.25) is 0 Å². The van der Waals surface area contributed by atoms with Gasteiger partial charge in [-0.3, -0.25) is 0 Å². The topological polar surface area (TPSA) is 40.5 Å². The summed E-state index contributed by atoms with van der Waals surface area (Å²) >= 11 is 0. The van der Waals surface area contributed by atoms with Crippen LogP contribution in [0.5, 0.6) is 0 Å². The number of unbranched alkanes of at least 4 members (excludes halogenated alkanes) is 2. The minimum atomic E-state index is -0.194. The van der Waals surface area contributed by atoms with Crippen LogP contribution < -0.4 is 0 Å². The van der Waals surface area contributed by atoms with E-state index in [2.05, 4.69) is 34.6 Å². The summed E-state index contributed by atoms with van der Waals surface area (Å²) in [7, 11) is 0. The molecular weight excluding hydrogens is 380 g/mol. The summed E-state index contributed by atoms with van der Waals surface area (Å²) in [5.74, 6) is 5.22. The van der Waals surface area contributed by atoms with Gasteiger partial charge in [-0.2, -0.15) is 0 Å². The molecule has 180 valence electrons. The average Bonchev–Trinajstić information content (AvgIpc) is 3.06. The minimum absolute atomic E-state index is 0.185. The van der Waals surface area contributed by atoms with Crippen LogP contribution in [-0.2, 0) is 0 Å². The fourth-order valence-corrected chi connectivity index (χ4v) is 9.65.